The van der Waals surface area contributed by atoms with E-state index in [9.17, 15) is 19.3 Å². The van der Waals surface area contributed by atoms with E-state index < -0.39 is 22.3 Å². The first-order chi connectivity index (χ1) is 9.90. The second-order valence-electron chi connectivity index (χ2n) is 4.21. The molecule has 0 amide bonds. The quantitative estimate of drug-likeness (QED) is 0.687. The summed E-state index contributed by atoms with van der Waals surface area (Å²) in [6, 6.07) is 7.55. The number of nitro groups is 1. The van der Waals surface area contributed by atoms with Gasteiger partial charge in [-0.05, 0) is 25.1 Å². The minimum atomic E-state index is -1.38. The lowest BCUT2D eigenvalue weighted by molar-refractivity contribution is -0.385. The minimum absolute atomic E-state index is 0.0566. The third-order valence-corrected chi connectivity index (χ3v) is 2.85. The van der Waals surface area contributed by atoms with Crippen molar-refractivity contribution in [3.8, 4) is 11.5 Å². The molecule has 0 spiro atoms. The normalized spacial score (nSPS) is 10.2. The van der Waals surface area contributed by atoms with Gasteiger partial charge in [0.05, 0.1) is 16.1 Å². The Morgan fingerprint density at radius 1 is 1.33 bits per heavy atom. The van der Waals surface area contributed by atoms with Gasteiger partial charge in [-0.3, -0.25) is 10.1 Å². The third kappa shape index (κ3) is 2.97. The molecule has 2 aromatic rings. The van der Waals surface area contributed by atoms with Crippen molar-refractivity contribution < 1.29 is 24.0 Å². The molecular weight excluding hydrogens is 281 g/mol. The number of carboxylic acid groups (broad SMARTS) is 1. The Morgan fingerprint density at radius 3 is 2.62 bits per heavy atom. The molecule has 0 unspecified atom stereocenters. The highest BCUT2D eigenvalue weighted by Crippen LogP contribution is 2.31. The summed E-state index contributed by atoms with van der Waals surface area (Å²) in [5, 5.41) is 19.6. The Hall–Kier alpha value is -2.96. The second-order valence-corrected chi connectivity index (χ2v) is 4.21. The summed E-state index contributed by atoms with van der Waals surface area (Å²) in [7, 11) is 0. The van der Waals surface area contributed by atoms with Crippen LogP contribution in [0.15, 0.2) is 36.4 Å². The highest BCUT2D eigenvalue weighted by molar-refractivity contribution is 5.88. The van der Waals surface area contributed by atoms with Crippen molar-refractivity contribution >= 4 is 11.7 Å². The van der Waals surface area contributed by atoms with E-state index in [1.54, 1.807) is 0 Å². The second kappa shape index (κ2) is 5.58. The third-order valence-electron chi connectivity index (χ3n) is 2.85. The largest absolute Gasteiger partial charge is 0.478 e. The fourth-order valence-corrected chi connectivity index (χ4v) is 1.77. The first-order valence-corrected chi connectivity index (χ1v) is 5.85. The summed E-state index contributed by atoms with van der Waals surface area (Å²) in [6.07, 6.45) is 0. The summed E-state index contributed by atoms with van der Waals surface area (Å²) in [5.74, 6) is -2.07. The van der Waals surface area contributed by atoms with E-state index in [4.69, 9.17) is 9.84 Å². The SMILES string of the molecule is Cc1c(Oc2ccc(C(=O)O)c(F)c2)cccc1[N+](=O)[O-]. The Bertz CT molecular complexity index is 729. The molecule has 108 valence electrons. The number of carbonyl (C=O) groups is 1. The van der Waals surface area contributed by atoms with E-state index in [1.165, 1.54) is 31.2 Å². The molecule has 0 aromatic heterocycles. The van der Waals surface area contributed by atoms with Crippen LogP contribution < -0.4 is 4.74 Å². The van der Waals surface area contributed by atoms with Crippen molar-refractivity contribution in [1.29, 1.82) is 0 Å². The molecule has 2 rings (SSSR count). The Kier molecular flexibility index (Phi) is 3.84. The van der Waals surface area contributed by atoms with Gasteiger partial charge in [0.15, 0.2) is 0 Å². The zero-order valence-corrected chi connectivity index (χ0v) is 10.9. The number of halogens is 1. The molecule has 21 heavy (non-hydrogen) atoms. The van der Waals surface area contributed by atoms with Crippen molar-refractivity contribution in [1.82, 2.24) is 0 Å². The van der Waals surface area contributed by atoms with E-state index in [2.05, 4.69) is 0 Å². The van der Waals surface area contributed by atoms with Crippen LogP contribution in [-0.2, 0) is 0 Å². The van der Waals surface area contributed by atoms with Crippen LogP contribution in [0.1, 0.15) is 15.9 Å². The molecule has 0 aliphatic heterocycles. The number of hydrogen-bond acceptors (Lipinski definition) is 4. The van der Waals surface area contributed by atoms with E-state index in [0.717, 1.165) is 12.1 Å². The lowest BCUT2D eigenvalue weighted by atomic mass is 10.1. The van der Waals surface area contributed by atoms with Crippen LogP contribution in [0, 0.1) is 22.9 Å². The van der Waals surface area contributed by atoms with Crippen molar-refractivity contribution in [2.45, 2.75) is 6.92 Å². The van der Waals surface area contributed by atoms with Gasteiger partial charge in [-0.2, -0.15) is 0 Å². The Balaban J connectivity index is 2.35. The number of aromatic carboxylic acids is 1. The van der Waals surface area contributed by atoms with Gasteiger partial charge in [0, 0.05) is 12.1 Å². The van der Waals surface area contributed by atoms with E-state index in [-0.39, 0.29) is 17.2 Å². The van der Waals surface area contributed by atoms with Crippen LogP contribution in [0.4, 0.5) is 10.1 Å². The summed E-state index contributed by atoms with van der Waals surface area (Å²) in [6.45, 7) is 1.51. The lowest BCUT2D eigenvalue weighted by Crippen LogP contribution is -2.00. The molecule has 7 heteroatoms. The maximum Gasteiger partial charge on any atom is 0.338 e. The van der Waals surface area contributed by atoms with Crippen LogP contribution in [0.2, 0.25) is 0 Å². The van der Waals surface area contributed by atoms with Gasteiger partial charge >= 0.3 is 5.97 Å². The number of rotatable bonds is 4. The van der Waals surface area contributed by atoms with Crippen molar-refractivity contribution in [3.05, 3.63) is 63.5 Å². The standard InChI is InChI=1S/C14H10FNO5/c1-8-12(16(19)20)3-2-4-13(8)21-9-5-6-10(14(17)18)11(15)7-9/h2-7H,1H3,(H,17,18). The number of nitro benzene ring substituents is 1. The maximum atomic E-state index is 13.5. The summed E-state index contributed by atoms with van der Waals surface area (Å²) < 4.78 is 18.9. The maximum absolute atomic E-state index is 13.5. The molecule has 6 nitrogen and oxygen atoms in total. The Labute approximate surface area is 118 Å². The van der Waals surface area contributed by atoms with Crippen LogP contribution in [0.3, 0.4) is 0 Å². The van der Waals surface area contributed by atoms with Crippen LogP contribution in [0.25, 0.3) is 0 Å². The fraction of sp³-hybridized carbons (Fsp3) is 0.0714. The smallest absolute Gasteiger partial charge is 0.338 e. The van der Waals surface area contributed by atoms with Gasteiger partial charge in [0.2, 0.25) is 0 Å². The monoisotopic (exact) mass is 291 g/mol. The molecule has 2 aromatic carbocycles. The number of nitrogens with zero attached hydrogens (tertiary/aromatic N) is 1. The minimum Gasteiger partial charge on any atom is -0.478 e. The molecule has 0 atom stereocenters. The average Bonchev–Trinajstić information content (AvgIpc) is 2.40. The topological polar surface area (TPSA) is 89.7 Å². The van der Waals surface area contributed by atoms with Crippen LogP contribution in [0.5, 0.6) is 11.5 Å². The van der Waals surface area contributed by atoms with Crippen molar-refractivity contribution in [2.75, 3.05) is 0 Å². The van der Waals surface area contributed by atoms with Gasteiger partial charge in [0.1, 0.15) is 17.3 Å². The molecule has 0 aliphatic rings. The van der Waals surface area contributed by atoms with Gasteiger partial charge < -0.3 is 9.84 Å². The Morgan fingerprint density at radius 2 is 2.05 bits per heavy atom. The lowest BCUT2D eigenvalue weighted by Gasteiger charge is -2.09. The van der Waals surface area contributed by atoms with Gasteiger partial charge in [-0.15, -0.1) is 0 Å². The highest BCUT2D eigenvalue weighted by Gasteiger charge is 2.16. The summed E-state index contributed by atoms with van der Waals surface area (Å²) in [4.78, 5) is 21.0. The summed E-state index contributed by atoms with van der Waals surface area (Å²) in [5.41, 5.74) is -0.293. The molecule has 0 radical (unpaired) electrons. The van der Waals surface area contributed by atoms with E-state index >= 15 is 0 Å². The predicted octanol–water partition coefficient (Wildman–Crippen LogP) is 3.53. The van der Waals surface area contributed by atoms with Gasteiger partial charge in [0.25, 0.3) is 5.69 Å². The number of ether oxygens (including phenoxy) is 1. The molecule has 0 fully saturated rings. The van der Waals surface area contributed by atoms with Crippen LogP contribution >= 0.6 is 0 Å². The average molecular weight is 291 g/mol. The first-order valence-electron chi connectivity index (χ1n) is 5.85. The first kappa shape index (κ1) is 14.4. The summed E-state index contributed by atoms with van der Waals surface area (Å²) >= 11 is 0. The molecule has 0 aliphatic carbocycles. The molecule has 0 saturated carbocycles. The highest BCUT2D eigenvalue weighted by atomic mass is 19.1. The molecule has 0 bridgehead atoms. The molecule has 0 heterocycles. The number of hydrogen-bond donors (Lipinski definition) is 1. The molecule has 1 N–H and O–H groups in total. The van der Waals surface area contributed by atoms with Crippen molar-refractivity contribution in [3.63, 3.8) is 0 Å². The fourth-order valence-electron chi connectivity index (χ4n) is 1.77. The van der Waals surface area contributed by atoms with Crippen LogP contribution in [-0.4, -0.2) is 16.0 Å². The van der Waals surface area contributed by atoms with Gasteiger partial charge in [-0.25, -0.2) is 9.18 Å². The number of carboxylic acids is 1. The molecule has 0 saturated heterocycles. The predicted molar refractivity (Wildman–Crippen MR) is 71.3 cm³/mol. The van der Waals surface area contributed by atoms with Crippen molar-refractivity contribution in [2.24, 2.45) is 0 Å². The zero-order valence-electron chi connectivity index (χ0n) is 10.9. The van der Waals surface area contributed by atoms with E-state index in [1.807, 2.05) is 0 Å². The van der Waals surface area contributed by atoms with Gasteiger partial charge in [-0.1, -0.05) is 6.07 Å². The van der Waals surface area contributed by atoms with E-state index in [0.29, 0.717) is 5.56 Å². The molecular formula is C14H10FNO5. The number of benzene rings is 2. The zero-order chi connectivity index (χ0) is 15.6.